The van der Waals surface area contributed by atoms with Crippen LogP contribution in [0.1, 0.15) is 71.1 Å². The van der Waals surface area contributed by atoms with Gasteiger partial charge in [-0.2, -0.15) is 0 Å². The van der Waals surface area contributed by atoms with E-state index >= 15 is 0 Å². The van der Waals surface area contributed by atoms with Crippen LogP contribution in [-0.4, -0.2) is 55.3 Å². The summed E-state index contributed by atoms with van der Waals surface area (Å²) in [5.41, 5.74) is 16.2. The summed E-state index contributed by atoms with van der Waals surface area (Å²) < 4.78 is 0. The van der Waals surface area contributed by atoms with Gasteiger partial charge in [-0.15, -0.1) is 0 Å². The Morgan fingerprint density at radius 3 is 1.83 bits per heavy atom. The van der Waals surface area contributed by atoms with Gasteiger partial charge >= 0.3 is 0 Å². The first-order valence-electron chi connectivity index (χ1n) is 10.9. The minimum absolute atomic E-state index is 0.154. The molecule has 4 amide bonds. The highest BCUT2D eigenvalue weighted by Crippen LogP contribution is 2.03. The van der Waals surface area contributed by atoms with Gasteiger partial charge in [0.2, 0.25) is 23.6 Å². The number of carbonyl (C=O) groups excluding carboxylic acids is 4. The standard InChI is InChI=1S/C20H40N6O4/c1-2-8-17(27)26-16(10-4-6-13-22)20(30)24-14-7-11-18(28)25-15(19(23)29)9-3-5-12-21/h15-16H,2-14,21-22H2,1H3,(H2,23,29)(H,24,30)(H,25,28)(H,26,27)/t15-,16-/m0/s1. The number of amides is 4. The average Bonchev–Trinajstić information content (AvgIpc) is 2.70. The first-order valence-corrected chi connectivity index (χ1v) is 10.9. The molecule has 0 spiro atoms. The summed E-state index contributed by atoms with van der Waals surface area (Å²) in [4.78, 5) is 47.7. The number of nitrogens with one attached hydrogen (secondary N) is 3. The summed E-state index contributed by atoms with van der Waals surface area (Å²) in [6.07, 6.45) is 5.58. The molecule has 0 rings (SSSR count). The molecule has 0 aromatic rings. The van der Waals surface area contributed by atoms with Crippen molar-refractivity contribution in [3.05, 3.63) is 0 Å². The van der Waals surface area contributed by atoms with Crippen LogP contribution < -0.4 is 33.2 Å². The fourth-order valence-corrected chi connectivity index (χ4v) is 2.88. The van der Waals surface area contributed by atoms with Crippen LogP contribution >= 0.6 is 0 Å². The minimum Gasteiger partial charge on any atom is -0.368 e. The predicted molar refractivity (Wildman–Crippen MR) is 116 cm³/mol. The second kappa shape index (κ2) is 17.6. The number of primary amides is 1. The largest absolute Gasteiger partial charge is 0.368 e. The van der Waals surface area contributed by atoms with E-state index in [1.165, 1.54) is 0 Å². The molecule has 0 aliphatic carbocycles. The maximum atomic E-state index is 12.4. The van der Waals surface area contributed by atoms with Crippen LogP contribution in [0.25, 0.3) is 0 Å². The van der Waals surface area contributed by atoms with Crippen LogP contribution in [0.15, 0.2) is 0 Å². The van der Waals surface area contributed by atoms with Gasteiger partial charge in [0.15, 0.2) is 0 Å². The van der Waals surface area contributed by atoms with E-state index in [4.69, 9.17) is 17.2 Å². The van der Waals surface area contributed by atoms with Gasteiger partial charge in [-0.05, 0) is 64.5 Å². The molecule has 0 aliphatic rings. The molecule has 0 saturated heterocycles. The molecule has 174 valence electrons. The Hall–Kier alpha value is -2.20. The molecule has 9 N–H and O–H groups in total. The maximum Gasteiger partial charge on any atom is 0.242 e. The molecular weight excluding hydrogens is 388 g/mol. The Morgan fingerprint density at radius 2 is 1.30 bits per heavy atom. The zero-order chi connectivity index (χ0) is 22.8. The van der Waals surface area contributed by atoms with Crippen LogP contribution in [-0.2, 0) is 19.2 Å². The normalized spacial score (nSPS) is 12.6. The summed E-state index contributed by atoms with van der Waals surface area (Å²) in [6, 6.07) is -1.31. The lowest BCUT2D eigenvalue weighted by Crippen LogP contribution is -2.47. The van der Waals surface area contributed by atoms with Gasteiger partial charge in [0.05, 0.1) is 0 Å². The minimum atomic E-state index is -0.709. The van der Waals surface area contributed by atoms with E-state index in [-0.39, 0.29) is 30.7 Å². The van der Waals surface area contributed by atoms with Gasteiger partial charge in [0, 0.05) is 19.4 Å². The summed E-state index contributed by atoms with van der Waals surface area (Å²) in [7, 11) is 0. The number of rotatable bonds is 18. The van der Waals surface area contributed by atoms with Gasteiger partial charge in [-0.1, -0.05) is 6.92 Å². The van der Waals surface area contributed by atoms with Crippen LogP contribution in [0.4, 0.5) is 0 Å². The smallest absolute Gasteiger partial charge is 0.242 e. The van der Waals surface area contributed by atoms with Crippen molar-refractivity contribution in [1.29, 1.82) is 0 Å². The third kappa shape index (κ3) is 13.9. The molecule has 0 unspecified atom stereocenters. The van der Waals surface area contributed by atoms with Crippen molar-refractivity contribution in [2.24, 2.45) is 17.2 Å². The average molecular weight is 429 g/mol. The SMILES string of the molecule is CCCC(=O)N[C@@H](CCCCN)C(=O)NCCCC(=O)N[C@@H](CCCCN)C(N)=O. The fourth-order valence-electron chi connectivity index (χ4n) is 2.88. The number of hydrogen-bond donors (Lipinski definition) is 6. The van der Waals surface area contributed by atoms with Crippen molar-refractivity contribution in [3.63, 3.8) is 0 Å². The van der Waals surface area contributed by atoms with E-state index in [1.807, 2.05) is 6.92 Å². The second-order valence-electron chi connectivity index (χ2n) is 7.36. The second-order valence-corrected chi connectivity index (χ2v) is 7.36. The molecule has 0 saturated carbocycles. The number of nitrogens with two attached hydrogens (primary N) is 3. The summed E-state index contributed by atoms with van der Waals surface area (Å²) in [6.45, 7) is 3.24. The van der Waals surface area contributed by atoms with Crippen molar-refractivity contribution in [2.45, 2.75) is 83.2 Å². The monoisotopic (exact) mass is 428 g/mol. The van der Waals surface area contributed by atoms with Crippen molar-refractivity contribution < 1.29 is 19.2 Å². The zero-order valence-electron chi connectivity index (χ0n) is 18.2. The van der Waals surface area contributed by atoms with Gasteiger partial charge < -0.3 is 33.2 Å². The van der Waals surface area contributed by atoms with E-state index in [2.05, 4.69) is 16.0 Å². The summed E-state index contributed by atoms with van der Waals surface area (Å²) in [5, 5.41) is 8.14. The van der Waals surface area contributed by atoms with E-state index in [1.54, 1.807) is 0 Å². The Kier molecular flexibility index (Phi) is 16.3. The van der Waals surface area contributed by atoms with Crippen LogP contribution in [0.5, 0.6) is 0 Å². The Balaban J connectivity index is 4.36. The Labute approximate surface area is 179 Å². The molecule has 0 fully saturated rings. The zero-order valence-corrected chi connectivity index (χ0v) is 18.2. The van der Waals surface area contributed by atoms with Gasteiger partial charge in [-0.3, -0.25) is 19.2 Å². The Morgan fingerprint density at radius 1 is 0.767 bits per heavy atom. The molecule has 0 heterocycles. The summed E-state index contributed by atoms with van der Waals surface area (Å²) >= 11 is 0. The van der Waals surface area contributed by atoms with Crippen molar-refractivity contribution in [1.82, 2.24) is 16.0 Å². The molecule has 0 aromatic heterocycles. The highest BCUT2D eigenvalue weighted by atomic mass is 16.2. The molecule has 30 heavy (non-hydrogen) atoms. The van der Waals surface area contributed by atoms with E-state index in [0.717, 1.165) is 19.3 Å². The fraction of sp³-hybridized carbons (Fsp3) is 0.800. The van der Waals surface area contributed by atoms with Crippen molar-refractivity contribution in [3.8, 4) is 0 Å². The lowest BCUT2D eigenvalue weighted by molar-refractivity contribution is -0.129. The first-order chi connectivity index (χ1) is 14.3. The van der Waals surface area contributed by atoms with E-state index < -0.39 is 18.0 Å². The Bertz CT molecular complexity index is 529. The van der Waals surface area contributed by atoms with E-state index in [0.29, 0.717) is 51.6 Å². The van der Waals surface area contributed by atoms with Crippen molar-refractivity contribution in [2.75, 3.05) is 19.6 Å². The topological polar surface area (TPSA) is 182 Å². The van der Waals surface area contributed by atoms with Gasteiger partial charge in [0.1, 0.15) is 12.1 Å². The maximum absolute atomic E-state index is 12.4. The quantitative estimate of drug-likeness (QED) is 0.158. The highest BCUT2D eigenvalue weighted by molar-refractivity contribution is 5.88. The molecule has 0 bridgehead atoms. The van der Waals surface area contributed by atoms with Crippen LogP contribution in [0, 0.1) is 0 Å². The van der Waals surface area contributed by atoms with E-state index in [9.17, 15) is 19.2 Å². The molecule has 0 radical (unpaired) electrons. The molecule has 2 atom stereocenters. The lowest BCUT2D eigenvalue weighted by Gasteiger charge is -2.18. The number of carbonyl (C=O) groups is 4. The highest BCUT2D eigenvalue weighted by Gasteiger charge is 2.20. The third-order valence-corrected chi connectivity index (χ3v) is 4.58. The van der Waals surface area contributed by atoms with Crippen molar-refractivity contribution >= 4 is 23.6 Å². The predicted octanol–water partition coefficient (Wildman–Crippen LogP) is -0.604. The molecule has 10 heteroatoms. The molecule has 0 aliphatic heterocycles. The number of hydrogen-bond acceptors (Lipinski definition) is 6. The number of unbranched alkanes of at least 4 members (excludes halogenated alkanes) is 2. The third-order valence-electron chi connectivity index (χ3n) is 4.58. The van der Waals surface area contributed by atoms with Gasteiger partial charge in [0.25, 0.3) is 0 Å². The van der Waals surface area contributed by atoms with Crippen LogP contribution in [0.3, 0.4) is 0 Å². The molecule has 0 aromatic carbocycles. The van der Waals surface area contributed by atoms with Crippen LogP contribution in [0.2, 0.25) is 0 Å². The lowest BCUT2D eigenvalue weighted by atomic mass is 10.1. The summed E-state index contributed by atoms with van der Waals surface area (Å²) in [5.74, 6) is -1.29. The van der Waals surface area contributed by atoms with Gasteiger partial charge in [-0.25, -0.2) is 0 Å². The molecular formula is C20H40N6O4. The first kappa shape index (κ1) is 27.8. The molecule has 10 nitrogen and oxygen atoms in total.